The molecule has 1 aromatic carbocycles. The van der Waals surface area contributed by atoms with Gasteiger partial charge >= 0.3 is 0 Å². The first-order valence-corrected chi connectivity index (χ1v) is 5.69. The zero-order valence-corrected chi connectivity index (χ0v) is 10.1. The molecule has 0 saturated carbocycles. The van der Waals surface area contributed by atoms with E-state index in [2.05, 4.69) is 5.32 Å². The van der Waals surface area contributed by atoms with Crippen LogP contribution in [0.15, 0.2) is 24.3 Å². The van der Waals surface area contributed by atoms with E-state index in [4.69, 9.17) is 9.47 Å². The topological polar surface area (TPSA) is 47.6 Å². The van der Waals surface area contributed by atoms with Gasteiger partial charge < -0.3 is 14.8 Å². The summed E-state index contributed by atoms with van der Waals surface area (Å²) in [6.07, 6.45) is 0.839. The third-order valence-electron chi connectivity index (χ3n) is 3.11. The van der Waals surface area contributed by atoms with Crippen molar-refractivity contribution in [2.75, 3.05) is 20.8 Å². The van der Waals surface area contributed by atoms with Crippen molar-refractivity contribution in [1.29, 1.82) is 0 Å². The van der Waals surface area contributed by atoms with Gasteiger partial charge in [-0.2, -0.15) is 0 Å². The second kappa shape index (κ2) is 5.29. The number of ketones is 1. The molecular formula is C13H17NO3. The molecule has 1 saturated heterocycles. The van der Waals surface area contributed by atoms with E-state index in [9.17, 15) is 4.79 Å². The number of methoxy groups -OCH3 is 2. The number of hydrogen-bond donors (Lipinski definition) is 1. The monoisotopic (exact) mass is 235 g/mol. The smallest absolute Gasteiger partial charge is 0.183 e. The summed E-state index contributed by atoms with van der Waals surface area (Å²) in [6, 6.07) is 7.13. The Labute approximate surface area is 101 Å². The summed E-state index contributed by atoms with van der Waals surface area (Å²) >= 11 is 0. The van der Waals surface area contributed by atoms with Crippen LogP contribution in [-0.2, 0) is 4.74 Å². The molecule has 1 aromatic rings. The molecule has 2 atom stereocenters. The van der Waals surface area contributed by atoms with Crippen LogP contribution in [-0.4, -0.2) is 38.7 Å². The Hall–Kier alpha value is -1.39. The van der Waals surface area contributed by atoms with E-state index < -0.39 is 0 Å². The van der Waals surface area contributed by atoms with Crippen LogP contribution in [0.5, 0.6) is 5.75 Å². The maximum absolute atomic E-state index is 12.3. The lowest BCUT2D eigenvalue weighted by atomic mass is 10.0. The van der Waals surface area contributed by atoms with E-state index in [1.807, 2.05) is 12.1 Å². The number of carbonyl (C=O) groups is 1. The lowest BCUT2D eigenvalue weighted by Gasteiger charge is -2.12. The second-order valence-electron chi connectivity index (χ2n) is 4.12. The fraction of sp³-hybridized carbons (Fsp3) is 0.462. The Kier molecular flexibility index (Phi) is 3.76. The van der Waals surface area contributed by atoms with Gasteiger partial charge in [0.1, 0.15) is 5.75 Å². The quantitative estimate of drug-likeness (QED) is 0.798. The molecule has 0 aliphatic carbocycles. The number of para-hydroxylation sites is 1. The van der Waals surface area contributed by atoms with Crippen LogP contribution >= 0.6 is 0 Å². The van der Waals surface area contributed by atoms with E-state index in [1.54, 1.807) is 26.4 Å². The Balaban J connectivity index is 2.15. The normalized spacial score (nSPS) is 23.6. The molecule has 0 radical (unpaired) electrons. The van der Waals surface area contributed by atoms with Crippen LogP contribution in [0.25, 0.3) is 0 Å². The van der Waals surface area contributed by atoms with Gasteiger partial charge in [-0.15, -0.1) is 0 Å². The van der Waals surface area contributed by atoms with Gasteiger partial charge in [0.2, 0.25) is 0 Å². The predicted molar refractivity (Wildman–Crippen MR) is 64.5 cm³/mol. The van der Waals surface area contributed by atoms with E-state index in [1.165, 1.54) is 0 Å². The standard InChI is InChI=1S/C13H17NO3/c1-16-9-7-11(14-8-9)13(15)10-5-3-4-6-12(10)17-2/h3-6,9,11,14H,7-8H2,1-2H3. The van der Waals surface area contributed by atoms with Gasteiger partial charge in [0.25, 0.3) is 0 Å². The molecule has 17 heavy (non-hydrogen) atoms. The third kappa shape index (κ3) is 2.48. The summed E-state index contributed by atoms with van der Waals surface area (Å²) in [5, 5.41) is 3.18. The zero-order valence-electron chi connectivity index (χ0n) is 10.1. The molecule has 1 heterocycles. The highest BCUT2D eigenvalue weighted by atomic mass is 16.5. The van der Waals surface area contributed by atoms with Crippen LogP contribution in [0.2, 0.25) is 0 Å². The molecule has 0 spiro atoms. The van der Waals surface area contributed by atoms with Crippen LogP contribution in [0, 0.1) is 0 Å². The van der Waals surface area contributed by atoms with Gasteiger partial charge in [0, 0.05) is 13.7 Å². The number of benzene rings is 1. The third-order valence-corrected chi connectivity index (χ3v) is 3.11. The highest BCUT2D eigenvalue weighted by molar-refractivity contribution is 6.02. The Morgan fingerprint density at radius 1 is 1.35 bits per heavy atom. The summed E-state index contributed by atoms with van der Waals surface area (Å²) < 4.78 is 10.4. The fourth-order valence-electron chi connectivity index (χ4n) is 2.12. The molecule has 4 nitrogen and oxygen atoms in total. The number of rotatable bonds is 4. The van der Waals surface area contributed by atoms with Crippen LogP contribution in [0.3, 0.4) is 0 Å². The minimum atomic E-state index is -0.170. The molecule has 1 fully saturated rings. The molecule has 4 heteroatoms. The average Bonchev–Trinajstić information content (AvgIpc) is 2.86. The van der Waals surface area contributed by atoms with Crippen LogP contribution in [0.1, 0.15) is 16.8 Å². The minimum absolute atomic E-state index is 0.0713. The summed E-state index contributed by atoms with van der Waals surface area (Å²) in [5.74, 6) is 0.696. The van der Waals surface area contributed by atoms with Crippen molar-refractivity contribution < 1.29 is 14.3 Å². The fourth-order valence-corrected chi connectivity index (χ4v) is 2.12. The molecular weight excluding hydrogens is 218 g/mol. The van der Waals surface area contributed by atoms with Gasteiger partial charge in [-0.05, 0) is 18.6 Å². The van der Waals surface area contributed by atoms with Crippen molar-refractivity contribution in [3.8, 4) is 5.75 Å². The average molecular weight is 235 g/mol. The summed E-state index contributed by atoms with van der Waals surface area (Å²) in [5.41, 5.74) is 0.629. The van der Waals surface area contributed by atoms with Crippen LogP contribution in [0.4, 0.5) is 0 Å². The molecule has 0 amide bonds. The zero-order chi connectivity index (χ0) is 12.3. The van der Waals surface area contributed by atoms with Crippen LogP contribution < -0.4 is 10.1 Å². The lowest BCUT2D eigenvalue weighted by molar-refractivity contribution is 0.0916. The van der Waals surface area contributed by atoms with Crippen molar-refractivity contribution in [2.24, 2.45) is 0 Å². The van der Waals surface area contributed by atoms with Crippen molar-refractivity contribution >= 4 is 5.78 Å². The Morgan fingerprint density at radius 3 is 2.76 bits per heavy atom. The molecule has 2 unspecified atom stereocenters. The van der Waals surface area contributed by atoms with Crippen molar-refractivity contribution in [1.82, 2.24) is 5.32 Å². The number of carbonyl (C=O) groups excluding carboxylic acids is 1. The molecule has 1 aliphatic heterocycles. The highest BCUT2D eigenvalue weighted by Gasteiger charge is 2.31. The van der Waals surface area contributed by atoms with E-state index in [0.717, 1.165) is 6.54 Å². The molecule has 2 rings (SSSR count). The predicted octanol–water partition coefficient (Wildman–Crippen LogP) is 1.25. The lowest BCUT2D eigenvalue weighted by Crippen LogP contribution is -2.30. The first kappa shape index (κ1) is 12.1. The largest absolute Gasteiger partial charge is 0.496 e. The number of nitrogens with one attached hydrogen (secondary N) is 1. The molecule has 0 aromatic heterocycles. The van der Waals surface area contributed by atoms with Gasteiger partial charge in [0.05, 0.1) is 24.8 Å². The molecule has 0 bridgehead atoms. The van der Waals surface area contributed by atoms with Crippen molar-refractivity contribution in [2.45, 2.75) is 18.6 Å². The second-order valence-corrected chi connectivity index (χ2v) is 4.12. The SMILES string of the molecule is COc1ccccc1C(=O)C1CC(OC)CN1. The molecule has 1 N–H and O–H groups in total. The first-order chi connectivity index (χ1) is 8.26. The Bertz CT molecular complexity index is 405. The number of Topliss-reactive ketones (excluding diaryl/α,β-unsaturated/α-hetero) is 1. The summed E-state index contributed by atoms with van der Waals surface area (Å²) in [7, 11) is 3.24. The maximum Gasteiger partial charge on any atom is 0.183 e. The van der Waals surface area contributed by atoms with Gasteiger partial charge in [-0.1, -0.05) is 12.1 Å². The Morgan fingerprint density at radius 2 is 2.12 bits per heavy atom. The van der Waals surface area contributed by atoms with Gasteiger partial charge in [-0.25, -0.2) is 0 Å². The number of ether oxygens (including phenoxy) is 2. The van der Waals surface area contributed by atoms with Crippen molar-refractivity contribution in [3.05, 3.63) is 29.8 Å². The highest BCUT2D eigenvalue weighted by Crippen LogP contribution is 2.22. The van der Waals surface area contributed by atoms with E-state index >= 15 is 0 Å². The van der Waals surface area contributed by atoms with Crippen molar-refractivity contribution in [3.63, 3.8) is 0 Å². The van der Waals surface area contributed by atoms with Gasteiger partial charge in [-0.3, -0.25) is 4.79 Å². The van der Waals surface area contributed by atoms with Gasteiger partial charge in [0.15, 0.2) is 5.78 Å². The molecule has 1 aliphatic rings. The van der Waals surface area contributed by atoms with E-state index in [0.29, 0.717) is 17.7 Å². The minimum Gasteiger partial charge on any atom is -0.496 e. The summed E-state index contributed by atoms with van der Waals surface area (Å²) in [4.78, 5) is 12.3. The first-order valence-electron chi connectivity index (χ1n) is 5.69. The summed E-state index contributed by atoms with van der Waals surface area (Å²) in [6.45, 7) is 0.724. The number of hydrogen-bond acceptors (Lipinski definition) is 4. The maximum atomic E-state index is 12.3. The van der Waals surface area contributed by atoms with E-state index in [-0.39, 0.29) is 17.9 Å². The molecule has 92 valence electrons.